The van der Waals surface area contributed by atoms with Crippen LogP contribution in [0.2, 0.25) is 5.02 Å². The van der Waals surface area contributed by atoms with Gasteiger partial charge >= 0.3 is 0 Å². The Kier molecular flexibility index (Phi) is 7.18. The molecule has 0 radical (unpaired) electrons. The summed E-state index contributed by atoms with van der Waals surface area (Å²) in [5.74, 6) is -0.805. The number of amides is 2. The molecule has 0 unspecified atom stereocenters. The van der Waals surface area contributed by atoms with Crippen molar-refractivity contribution in [3.63, 3.8) is 0 Å². The molecule has 1 fully saturated rings. The Morgan fingerprint density at radius 1 is 0.889 bits per heavy atom. The minimum Gasteiger partial charge on any atom is -0.460 e. The molecular weight excluding hydrogens is 589 g/mol. The summed E-state index contributed by atoms with van der Waals surface area (Å²) >= 11 is 6.60. The van der Waals surface area contributed by atoms with Crippen LogP contribution in [0.3, 0.4) is 0 Å². The van der Waals surface area contributed by atoms with E-state index in [2.05, 4.69) is 10.3 Å². The molecule has 4 aromatic carbocycles. The minimum atomic E-state index is -0.624. The normalized spacial score (nSPS) is 13.5. The summed E-state index contributed by atoms with van der Waals surface area (Å²) < 4.78 is 19.5. The van der Waals surface area contributed by atoms with Gasteiger partial charge in [-0.15, -0.1) is 0 Å². The first kappa shape index (κ1) is 28.5. The van der Waals surface area contributed by atoms with Crippen LogP contribution in [-0.4, -0.2) is 16.8 Å². The SMILES string of the molecule is NC(=O)c1c(Cc2ccc(F)cc2)oc2ccc(-c3ccc(-c4ccccc4Cl)c(C(=O)NC4(c5ccccn5)CC4)c3)cc12. The Morgan fingerprint density at radius 3 is 2.33 bits per heavy atom. The first-order chi connectivity index (χ1) is 21.8. The molecule has 0 bridgehead atoms. The second-order valence-corrected chi connectivity index (χ2v) is 11.7. The molecule has 3 N–H and O–H groups in total. The molecular formula is C37H27ClFN3O3. The second-order valence-electron chi connectivity index (χ2n) is 11.3. The third-order valence-electron chi connectivity index (χ3n) is 8.30. The number of nitrogens with two attached hydrogens (primary N) is 1. The largest absolute Gasteiger partial charge is 0.460 e. The third kappa shape index (κ3) is 5.47. The number of halogens is 2. The molecule has 222 valence electrons. The number of nitrogens with zero attached hydrogens (tertiary/aromatic N) is 1. The van der Waals surface area contributed by atoms with Crippen LogP contribution in [0, 0.1) is 5.82 Å². The highest BCUT2D eigenvalue weighted by Crippen LogP contribution is 2.45. The van der Waals surface area contributed by atoms with E-state index in [1.807, 2.05) is 66.7 Å². The number of furan rings is 1. The molecule has 0 atom stereocenters. The maximum Gasteiger partial charge on any atom is 0.252 e. The van der Waals surface area contributed by atoms with Crippen LogP contribution in [0.5, 0.6) is 0 Å². The fourth-order valence-electron chi connectivity index (χ4n) is 5.84. The number of rotatable bonds is 8. The molecule has 2 aromatic heterocycles. The summed E-state index contributed by atoms with van der Waals surface area (Å²) in [6.07, 6.45) is 3.60. The van der Waals surface area contributed by atoms with Gasteiger partial charge in [-0.1, -0.05) is 66.2 Å². The fraction of sp³-hybridized carbons (Fsp3) is 0.108. The van der Waals surface area contributed by atoms with Crippen molar-refractivity contribution in [1.29, 1.82) is 0 Å². The van der Waals surface area contributed by atoms with Gasteiger partial charge in [-0.25, -0.2) is 4.39 Å². The minimum absolute atomic E-state index is 0.237. The third-order valence-corrected chi connectivity index (χ3v) is 8.63. The van der Waals surface area contributed by atoms with Crippen LogP contribution < -0.4 is 11.1 Å². The molecule has 0 aliphatic heterocycles. The van der Waals surface area contributed by atoms with Crippen LogP contribution in [0.15, 0.2) is 114 Å². The van der Waals surface area contributed by atoms with E-state index >= 15 is 0 Å². The molecule has 6 aromatic rings. The van der Waals surface area contributed by atoms with Gasteiger partial charge in [0.1, 0.15) is 17.2 Å². The van der Waals surface area contributed by atoms with Crippen molar-refractivity contribution in [2.45, 2.75) is 24.8 Å². The van der Waals surface area contributed by atoms with Crippen molar-refractivity contribution >= 4 is 34.4 Å². The highest BCUT2D eigenvalue weighted by Gasteiger charge is 2.47. The van der Waals surface area contributed by atoms with Crippen molar-refractivity contribution in [2.75, 3.05) is 0 Å². The molecule has 2 amide bonds. The van der Waals surface area contributed by atoms with E-state index in [0.29, 0.717) is 32.9 Å². The Bertz CT molecular complexity index is 2090. The van der Waals surface area contributed by atoms with Crippen molar-refractivity contribution < 1.29 is 18.4 Å². The molecule has 45 heavy (non-hydrogen) atoms. The quantitative estimate of drug-likeness (QED) is 0.181. The van der Waals surface area contributed by atoms with E-state index in [4.69, 9.17) is 21.8 Å². The summed E-state index contributed by atoms with van der Waals surface area (Å²) in [6, 6.07) is 30.3. The molecule has 6 nitrogen and oxygen atoms in total. The zero-order valence-corrected chi connectivity index (χ0v) is 24.8. The zero-order valence-electron chi connectivity index (χ0n) is 24.0. The summed E-state index contributed by atoms with van der Waals surface area (Å²) in [5, 5.41) is 4.34. The summed E-state index contributed by atoms with van der Waals surface area (Å²) in [7, 11) is 0. The van der Waals surface area contributed by atoms with Gasteiger partial charge in [0, 0.05) is 34.2 Å². The van der Waals surface area contributed by atoms with E-state index in [1.54, 1.807) is 30.5 Å². The van der Waals surface area contributed by atoms with Crippen LogP contribution in [-0.2, 0) is 12.0 Å². The Morgan fingerprint density at radius 2 is 1.62 bits per heavy atom. The average molecular weight is 616 g/mol. The topological polar surface area (TPSA) is 98.2 Å². The highest BCUT2D eigenvalue weighted by atomic mass is 35.5. The first-order valence-electron chi connectivity index (χ1n) is 14.5. The number of carbonyl (C=O) groups is 2. The Balaban J connectivity index is 1.30. The van der Waals surface area contributed by atoms with Crippen molar-refractivity contribution in [2.24, 2.45) is 5.73 Å². The predicted molar refractivity (Wildman–Crippen MR) is 172 cm³/mol. The number of benzene rings is 4. The predicted octanol–water partition coefficient (Wildman–Crippen LogP) is 8.06. The molecule has 8 heteroatoms. The summed E-state index contributed by atoms with van der Waals surface area (Å²) in [4.78, 5) is 31.2. The number of pyridine rings is 1. The lowest BCUT2D eigenvalue weighted by Gasteiger charge is -2.19. The van der Waals surface area contributed by atoms with E-state index in [9.17, 15) is 14.0 Å². The molecule has 0 saturated heterocycles. The molecule has 1 saturated carbocycles. The van der Waals surface area contributed by atoms with E-state index in [1.165, 1.54) is 12.1 Å². The first-order valence-corrected chi connectivity index (χ1v) is 14.9. The van der Waals surface area contributed by atoms with Gasteiger partial charge < -0.3 is 15.5 Å². The lowest BCUT2D eigenvalue weighted by atomic mass is 9.93. The number of carbonyl (C=O) groups excluding carboxylic acids is 2. The van der Waals surface area contributed by atoms with E-state index in [0.717, 1.165) is 40.8 Å². The maximum absolute atomic E-state index is 14.0. The van der Waals surface area contributed by atoms with Crippen molar-refractivity contribution in [1.82, 2.24) is 10.3 Å². The smallest absolute Gasteiger partial charge is 0.252 e. The fourth-order valence-corrected chi connectivity index (χ4v) is 6.07. The Labute approximate surface area is 263 Å². The lowest BCUT2D eigenvalue weighted by Crippen LogP contribution is -2.35. The number of primary amides is 1. The van der Waals surface area contributed by atoms with Crippen LogP contribution in [0.25, 0.3) is 33.2 Å². The van der Waals surface area contributed by atoms with E-state index < -0.39 is 11.4 Å². The van der Waals surface area contributed by atoms with E-state index in [-0.39, 0.29) is 23.7 Å². The lowest BCUT2D eigenvalue weighted by molar-refractivity contribution is 0.0929. The standard InChI is InChI=1S/C37H27ClFN3O3/c38-30-6-2-1-5-27(30)26-14-10-23(20-28(26)36(44)42-37(16-17-37)33-7-3-4-18-41-33)24-11-15-31-29(21-24)34(35(40)43)32(45-31)19-22-8-12-25(39)13-9-22/h1-15,18,20-21H,16-17,19H2,(H2,40,43)(H,42,44). The number of fused-ring (bicyclic) bond motifs is 1. The van der Waals surface area contributed by atoms with Gasteiger partial charge in [-0.2, -0.15) is 0 Å². The number of nitrogens with one attached hydrogen (secondary N) is 1. The van der Waals surface area contributed by atoms with Gasteiger partial charge in [-0.3, -0.25) is 14.6 Å². The van der Waals surface area contributed by atoms with Crippen molar-refractivity contribution in [3.05, 3.63) is 148 Å². The molecule has 1 aliphatic carbocycles. The van der Waals surface area contributed by atoms with Gasteiger partial charge in [0.25, 0.3) is 11.8 Å². The van der Waals surface area contributed by atoms with Crippen LogP contribution in [0.4, 0.5) is 4.39 Å². The summed E-state index contributed by atoms with van der Waals surface area (Å²) in [6.45, 7) is 0. The molecule has 7 rings (SSSR count). The molecule has 1 aliphatic rings. The number of hydrogen-bond acceptors (Lipinski definition) is 4. The zero-order chi connectivity index (χ0) is 31.1. The average Bonchev–Trinajstić information content (AvgIpc) is 3.74. The van der Waals surface area contributed by atoms with Crippen LogP contribution in [0.1, 0.15) is 50.6 Å². The molecule has 2 heterocycles. The molecule has 0 spiro atoms. The van der Waals surface area contributed by atoms with Crippen molar-refractivity contribution in [3.8, 4) is 22.3 Å². The van der Waals surface area contributed by atoms with Gasteiger partial charge in [-0.05, 0) is 83.6 Å². The number of hydrogen-bond donors (Lipinski definition) is 2. The van der Waals surface area contributed by atoms with Crippen LogP contribution >= 0.6 is 11.6 Å². The Hall–Kier alpha value is -5.27. The van der Waals surface area contributed by atoms with Gasteiger partial charge in [0.05, 0.1) is 16.8 Å². The van der Waals surface area contributed by atoms with Gasteiger partial charge in [0.2, 0.25) is 0 Å². The number of aromatic nitrogens is 1. The highest BCUT2D eigenvalue weighted by molar-refractivity contribution is 6.33. The second kappa shape index (κ2) is 11.3. The summed E-state index contributed by atoms with van der Waals surface area (Å²) in [5.41, 5.74) is 11.1. The van der Waals surface area contributed by atoms with Gasteiger partial charge in [0.15, 0.2) is 0 Å². The maximum atomic E-state index is 14.0. The monoisotopic (exact) mass is 615 g/mol.